The standard InChI is InChI=1S/C11H9/c1-2-3-5-8-11-9-6-4-7-10-11/h2-4,6-7,9-10H,1H2/b3-2+. The molecule has 0 heteroatoms. The maximum absolute atomic E-state index is 3.53. The SMILES string of the molecule is [CH2]/C=C/C#Cc1ccccc1. The van der Waals surface area contributed by atoms with Gasteiger partial charge in [-0.2, -0.15) is 0 Å². The minimum atomic E-state index is 1.03. The quantitative estimate of drug-likeness (QED) is 0.487. The number of rotatable bonds is 0. The van der Waals surface area contributed by atoms with E-state index in [4.69, 9.17) is 0 Å². The zero-order valence-electron chi connectivity index (χ0n) is 6.25. The van der Waals surface area contributed by atoms with E-state index in [-0.39, 0.29) is 0 Å². The zero-order chi connectivity index (χ0) is 7.94. The van der Waals surface area contributed by atoms with Crippen molar-refractivity contribution >= 4 is 0 Å². The summed E-state index contributed by atoms with van der Waals surface area (Å²) in [4.78, 5) is 0. The maximum atomic E-state index is 3.53. The fourth-order valence-electron chi connectivity index (χ4n) is 0.705. The summed E-state index contributed by atoms with van der Waals surface area (Å²) in [6.45, 7) is 3.53. The molecule has 0 nitrogen and oxygen atoms in total. The van der Waals surface area contributed by atoms with Crippen molar-refractivity contribution in [2.75, 3.05) is 0 Å². The summed E-state index contributed by atoms with van der Waals surface area (Å²) < 4.78 is 0. The van der Waals surface area contributed by atoms with Gasteiger partial charge in [0, 0.05) is 5.56 Å². The van der Waals surface area contributed by atoms with Gasteiger partial charge >= 0.3 is 0 Å². The second kappa shape index (κ2) is 4.35. The normalized spacial score (nSPS) is 9.18. The fourth-order valence-corrected chi connectivity index (χ4v) is 0.705. The van der Waals surface area contributed by atoms with Crippen LogP contribution in [0, 0.1) is 18.8 Å². The zero-order valence-corrected chi connectivity index (χ0v) is 6.25. The van der Waals surface area contributed by atoms with Crippen LogP contribution in [0.25, 0.3) is 0 Å². The molecule has 0 aliphatic heterocycles. The molecule has 0 aliphatic rings. The summed E-state index contributed by atoms with van der Waals surface area (Å²) in [6.07, 6.45) is 3.41. The first-order valence-electron chi connectivity index (χ1n) is 3.44. The smallest absolute Gasteiger partial charge is 0.0248 e. The Hall–Kier alpha value is -1.48. The van der Waals surface area contributed by atoms with Crippen LogP contribution in [0.1, 0.15) is 5.56 Å². The van der Waals surface area contributed by atoms with Gasteiger partial charge in [0.2, 0.25) is 0 Å². The predicted molar refractivity (Wildman–Crippen MR) is 47.8 cm³/mol. The van der Waals surface area contributed by atoms with Gasteiger partial charge in [0.25, 0.3) is 0 Å². The number of allylic oxidation sites excluding steroid dienone is 2. The van der Waals surface area contributed by atoms with Crippen LogP contribution in [0.2, 0.25) is 0 Å². The Morgan fingerprint density at radius 2 is 1.91 bits per heavy atom. The molecule has 0 aliphatic carbocycles. The van der Waals surface area contributed by atoms with Crippen molar-refractivity contribution in [3.8, 4) is 11.8 Å². The van der Waals surface area contributed by atoms with E-state index in [0.717, 1.165) is 5.56 Å². The van der Waals surface area contributed by atoms with Crippen molar-refractivity contribution in [1.82, 2.24) is 0 Å². The third-order valence-electron chi connectivity index (χ3n) is 1.19. The van der Waals surface area contributed by atoms with Gasteiger partial charge in [-0.15, -0.1) is 0 Å². The van der Waals surface area contributed by atoms with E-state index < -0.39 is 0 Å². The molecule has 0 fully saturated rings. The largest absolute Gasteiger partial charge is 0.0758 e. The van der Waals surface area contributed by atoms with Crippen LogP contribution in [0.5, 0.6) is 0 Å². The van der Waals surface area contributed by atoms with Crippen LogP contribution < -0.4 is 0 Å². The van der Waals surface area contributed by atoms with E-state index in [0.29, 0.717) is 0 Å². The van der Waals surface area contributed by atoms with Crippen molar-refractivity contribution < 1.29 is 0 Å². The first kappa shape index (κ1) is 7.63. The van der Waals surface area contributed by atoms with Crippen LogP contribution >= 0.6 is 0 Å². The van der Waals surface area contributed by atoms with Crippen LogP contribution in [-0.2, 0) is 0 Å². The second-order valence-corrected chi connectivity index (χ2v) is 2.04. The third kappa shape index (κ3) is 2.73. The van der Waals surface area contributed by atoms with Crippen molar-refractivity contribution in [2.45, 2.75) is 0 Å². The molecule has 1 rings (SSSR count). The highest BCUT2D eigenvalue weighted by molar-refractivity contribution is 5.36. The Labute approximate surface area is 67.6 Å². The van der Waals surface area contributed by atoms with Crippen molar-refractivity contribution in [3.05, 3.63) is 55.0 Å². The average molecular weight is 141 g/mol. The molecule has 0 N–H and O–H groups in total. The van der Waals surface area contributed by atoms with Gasteiger partial charge in [0.1, 0.15) is 0 Å². The third-order valence-corrected chi connectivity index (χ3v) is 1.19. The van der Waals surface area contributed by atoms with E-state index in [1.807, 2.05) is 30.3 Å². The monoisotopic (exact) mass is 141 g/mol. The summed E-state index contributed by atoms with van der Waals surface area (Å²) in [6, 6.07) is 9.87. The molecule has 1 radical (unpaired) electrons. The lowest BCUT2D eigenvalue weighted by Crippen LogP contribution is -1.68. The molecule has 0 saturated heterocycles. The Balaban J connectivity index is 2.74. The van der Waals surface area contributed by atoms with Crippen molar-refractivity contribution in [1.29, 1.82) is 0 Å². The minimum absolute atomic E-state index is 1.03. The molecule has 0 atom stereocenters. The lowest BCUT2D eigenvalue weighted by atomic mass is 10.2. The van der Waals surface area contributed by atoms with Gasteiger partial charge in [0.15, 0.2) is 0 Å². The number of hydrogen-bond donors (Lipinski definition) is 0. The summed E-state index contributed by atoms with van der Waals surface area (Å²) in [7, 11) is 0. The molecular weight excluding hydrogens is 132 g/mol. The minimum Gasteiger partial charge on any atom is -0.0758 e. The Morgan fingerprint density at radius 3 is 2.55 bits per heavy atom. The Bertz CT molecular complexity index is 283. The van der Waals surface area contributed by atoms with Gasteiger partial charge in [-0.1, -0.05) is 36.1 Å². The van der Waals surface area contributed by atoms with Crippen LogP contribution in [0.3, 0.4) is 0 Å². The molecule has 1 aromatic carbocycles. The number of hydrogen-bond acceptors (Lipinski definition) is 0. The Kier molecular flexibility index (Phi) is 3.02. The van der Waals surface area contributed by atoms with Gasteiger partial charge in [-0.05, 0) is 25.1 Å². The van der Waals surface area contributed by atoms with E-state index >= 15 is 0 Å². The van der Waals surface area contributed by atoms with Gasteiger partial charge in [-0.3, -0.25) is 0 Å². The lowest BCUT2D eigenvalue weighted by molar-refractivity contribution is 1.65. The van der Waals surface area contributed by atoms with Crippen LogP contribution in [0.15, 0.2) is 42.5 Å². The maximum Gasteiger partial charge on any atom is 0.0248 e. The van der Waals surface area contributed by atoms with Crippen molar-refractivity contribution in [2.24, 2.45) is 0 Å². The lowest BCUT2D eigenvalue weighted by Gasteiger charge is -1.83. The molecule has 1 aromatic rings. The van der Waals surface area contributed by atoms with Crippen LogP contribution in [0.4, 0.5) is 0 Å². The first-order chi connectivity index (χ1) is 5.43. The van der Waals surface area contributed by atoms with E-state index in [2.05, 4.69) is 18.8 Å². The molecule has 0 aromatic heterocycles. The summed E-state index contributed by atoms with van der Waals surface area (Å²) in [5.74, 6) is 5.83. The highest BCUT2D eigenvalue weighted by atomic mass is 13.8. The van der Waals surface area contributed by atoms with E-state index in [9.17, 15) is 0 Å². The molecule has 0 saturated carbocycles. The fraction of sp³-hybridized carbons (Fsp3) is 0. The highest BCUT2D eigenvalue weighted by Crippen LogP contribution is 1.94. The van der Waals surface area contributed by atoms with Gasteiger partial charge < -0.3 is 0 Å². The molecule has 0 amide bonds. The molecule has 11 heavy (non-hydrogen) atoms. The molecule has 53 valence electrons. The number of benzene rings is 1. The van der Waals surface area contributed by atoms with Crippen molar-refractivity contribution in [3.63, 3.8) is 0 Å². The highest BCUT2D eigenvalue weighted by Gasteiger charge is 1.78. The average Bonchev–Trinajstić information content (AvgIpc) is 2.07. The molecule has 0 bridgehead atoms. The van der Waals surface area contributed by atoms with E-state index in [1.54, 1.807) is 12.2 Å². The molecule has 0 unspecified atom stereocenters. The van der Waals surface area contributed by atoms with E-state index in [1.165, 1.54) is 0 Å². The second-order valence-electron chi connectivity index (χ2n) is 2.04. The van der Waals surface area contributed by atoms with Crippen LogP contribution in [-0.4, -0.2) is 0 Å². The molecule has 0 spiro atoms. The summed E-state index contributed by atoms with van der Waals surface area (Å²) >= 11 is 0. The predicted octanol–water partition coefficient (Wildman–Crippen LogP) is 2.43. The van der Waals surface area contributed by atoms with Gasteiger partial charge in [0.05, 0.1) is 0 Å². The Morgan fingerprint density at radius 1 is 1.18 bits per heavy atom. The molecule has 0 heterocycles. The summed E-state index contributed by atoms with van der Waals surface area (Å²) in [5, 5.41) is 0. The summed E-state index contributed by atoms with van der Waals surface area (Å²) in [5.41, 5.74) is 1.03. The first-order valence-corrected chi connectivity index (χ1v) is 3.44. The topological polar surface area (TPSA) is 0 Å². The van der Waals surface area contributed by atoms with Gasteiger partial charge in [-0.25, -0.2) is 0 Å². The molecular formula is C11H9.